The number of nitrogens with zero attached hydrogens (tertiary/aromatic N) is 4. The molecule has 0 saturated carbocycles. The molecule has 8 heteroatoms. The number of ether oxygens (including phenoxy) is 1. The van der Waals surface area contributed by atoms with Crippen molar-refractivity contribution < 1.29 is 9.53 Å². The van der Waals surface area contributed by atoms with Gasteiger partial charge in [-0.05, 0) is 58.2 Å². The van der Waals surface area contributed by atoms with Crippen molar-refractivity contribution in [3.8, 4) is 0 Å². The highest BCUT2D eigenvalue weighted by atomic mass is 35.5. The second-order valence-corrected chi connectivity index (χ2v) is 8.60. The maximum atomic E-state index is 12.2. The first-order chi connectivity index (χ1) is 13.7. The SMILES string of the molecule is CC(=NC1CCN(C(=O)OC(C)(C)C)CC1)/C(=C\N)c1cc(Cl)n2ccnc2c1. The first-order valence-electron chi connectivity index (χ1n) is 9.75. The summed E-state index contributed by atoms with van der Waals surface area (Å²) in [4.78, 5) is 23.1. The van der Waals surface area contributed by atoms with Crippen LogP contribution in [0.2, 0.25) is 5.15 Å². The largest absolute Gasteiger partial charge is 0.444 e. The van der Waals surface area contributed by atoms with Crippen LogP contribution in [-0.2, 0) is 4.74 Å². The van der Waals surface area contributed by atoms with Crippen molar-refractivity contribution in [2.45, 2.75) is 52.2 Å². The molecule has 0 radical (unpaired) electrons. The van der Waals surface area contributed by atoms with Gasteiger partial charge in [0.2, 0.25) is 0 Å². The molecular formula is C21H28ClN5O2. The number of hydrogen-bond donors (Lipinski definition) is 1. The van der Waals surface area contributed by atoms with Crippen LogP contribution in [0, 0.1) is 0 Å². The molecule has 0 atom stereocenters. The summed E-state index contributed by atoms with van der Waals surface area (Å²) in [7, 11) is 0. The average Bonchev–Trinajstić information content (AvgIpc) is 3.11. The predicted molar refractivity (Wildman–Crippen MR) is 116 cm³/mol. The molecule has 2 N–H and O–H groups in total. The molecule has 1 amide bonds. The Labute approximate surface area is 176 Å². The maximum absolute atomic E-state index is 12.2. The highest BCUT2D eigenvalue weighted by molar-refractivity contribution is 6.30. The summed E-state index contributed by atoms with van der Waals surface area (Å²) in [5.74, 6) is 0. The van der Waals surface area contributed by atoms with Gasteiger partial charge in [0.25, 0.3) is 0 Å². The smallest absolute Gasteiger partial charge is 0.410 e. The van der Waals surface area contributed by atoms with E-state index in [-0.39, 0.29) is 12.1 Å². The fourth-order valence-electron chi connectivity index (χ4n) is 3.41. The first-order valence-corrected chi connectivity index (χ1v) is 10.1. The number of halogens is 1. The molecule has 3 rings (SSSR count). The Balaban J connectivity index is 1.69. The van der Waals surface area contributed by atoms with E-state index in [1.165, 1.54) is 0 Å². The number of aliphatic imine (C=N–C) groups is 1. The molecule has 7 nitrogen and oxygen atoms in total. The number of imidazole rings is 1. The zero-order chi connectivity index (χ0) is 21.2. The molecule has 3 heterocycles. The van der Waals surface area contributed by atoms with Gasteiger partial charge in [-0.1, -0.05) is 11.6 Å². The van der Waals surface area contributed by atoms with Gasteiger partial charge in [-0.2, -0.15) is 0 Å². The number of carbonyl (C=O) groups excluding carboxylic acids is 1. The molecule has 2 aromatic heterocycles. The number of piperidine rings is 1. The molecular weight excluding hydrogens is 390 g/mol. The number of fused-ring (bicyclic) bond motifs is 1. The molecule has 1 aliphatic rings. The topological polar surface area (TPSA) is 85.2 Å². The van der Waals surface area contributed by atoms with Gasteiger partial charge in [0.15, 0.2) is 0 Å². The summed E-state index contributed by atoms with van der Waals surface area (Å²) in [6.07, 6.45) is 6.38. The Hall–Kier alpha value is -2.54. The zero-order valence-corrected chi connectivity index (χ0v) is 18.1. The average molecular weight is 418 g/mol. The zero-order valence-electron chi connectivity index (χ0n) is 17.4. The van der Waals surface area contributed by atoms with Gasteiger partial charge in [0, 0.05) is 43.0 Å². The number of rotatable bonds is 3. The van der Waals surface area contributed by atoms with Gasteiger partial charge in [0.1, 0.15) is 16.4 Å². The lowest BCUT2D eigenvalue weighted by Crippen LogP contribution is -2.42. The normalized spacial score (nSPS) is 17.1. The van der Waals surface area contributed by atoms with Crippen molar-refractivity contribution in [2.75, 3.05) is 13.1 Å². The summed E-state index contributed by atoms with van der Waals surface area (Å²) in [5.41, 5.74) is 8.73. The Morgan fingerprint density at radius 3 is 2.66 bits per heavy atom. The van der Waals surface area contributed by atoms with Crippen molar-refractivity contribution in [3.05, 3.63) is 41.4 Å². The van der Waals surface area contributed by atoms with E-state index in [4.69, 9.17) is 27.1 Å². The highest BCUT2D eigenvalue weighted by Gasteiger charge is 2.26. The predicted octanol–water partition coefficient (Wildman–Crippen LogP) is 4.15. The minimum absolute atomic E-state index is 0.134. The molecule has 1 fully saturated rings. The third kappa shape index (κ3) is 5.09. The van der Waals surface area contributed by atoms with Crippen LogP contribution in [0.1, 0.15) is 46.1 Å². The summed E-state index contributed by atoms with van der Waals surface area (Å²) < 4.78 is 7.26. The molecule has 0 bridgehead atoms. The number of likely N-dealkylation sites (tertiary alicyclic amines) is 1. The van der Waals surface area contributed by atoms with Gasteiger partial charge >= 0.3 is 6.09 Å². The number of allylic oxidation sites excluding steroid dienone is 1. The third-order valence-corrected chi connectivity index (χ3v) is 5.11. The van der Waals surface area contributed by atoms with E-state index < -0.39 is 5.60 Å². The lowest BCUT2D eigenvalue weighted by atomic mass is 10.0. The molecule has 156 valence electrons. The van der Waals surface area contributed by atoms with Crippen LogP contribution in [0.3, 0.4) is 0 Å². The Morgan fingerprint density at radius 1 is 1.34 bits per heavy atom. The van der Waals surface area contributed by atoms with Crippen molar-refractivity contribution in [1.82, 2.24) is 14.3 Å². The number of pyridine rings is 1. The monoisotopic (exact) mass is 417 g/mol. The van der Waals surface area contributed by atoms with Gasteiger partial charge < -0.3 is 15.4 Å². The second kappa shape index (κ2) is 8.45. The van der Waals surface area contributed by atoms with Crippen molar-refractivity contribution >= 4 is 34.6 Å². The van der Waals surface area contributed by atoms with E-state index >= 15 is 0 Å². The van der Waals surface area contributed by atoms with Crippen LogP contribution in [0.5, 0.6) is 0 Å². The van der Waals surface area contributed by atoms with Gasteiger partial charge in [-0.3, -0.25) is 9.39 Å². The third-order valence-electron chi connectivity index (χ3n) is 4.82. The maximum Gasteiger partial charge on any atom is 0.410 e. The summed E-state index contributed by atoms with van der Waals surface area (Å²) in [5, 5.41) is 0.563. The van der Waals surface area contributed by atoms with Crippen LogP contribution in [0.15, 0.2) is 35.7 Å². The second-order valence-electron chi connectivity index (χ2n) is 8.22. The van der Waals surface area contributed by atoms with Crippen LogP contribution in [-0.4, -0.2) is 50.8 Å². The quantitative estimate of drug-likeness (QED) is 0.600. The van der Waals surface area contributed by atoms with Crippen LogP contribution in [0.25, 0.3) is 11.2 Å². The molecule has 0 unspecified atom stereocenters. The van der Waals surface area contributed by atoms with Crippen LogP contribution in [0.4, 0.5) is 4.79 Å². The van der Waals surface area contributed by atoms with Gasteiger partial charge in [-0.25, -0.2) is 9.78 Å². The van der Waals surface area contributed by atoms with Gasteiger partial charge in [0.05, 0.1) is 6.04 Å². The van der Waals surface area contributed by atoms with E-state index in [0.29, 0.717) is 18.2 Å². The van der Waals surface area contributed by atoms with E-state index in [1.807, 2.05) is 46.0 Å². The lowest BCUT2D eigenvalue weighted by molar-refractivity contribution is 0.0207. The summed E-state index contributed by atoms with van der Waals surface area (Å²) >= 11 is 6.36. The number of hydrogen-bond acceptors (Lipinski definition) is 5. The van der Waals surface area contributed by atoms with E-state index in [0.717, 1.165) is 35.3 Å². The lowest BCUT2D eigenvalue weighted by Gasteiger charge is -2.32. The first kappa shape index (κ1) is 21.2. The van der Waals surface area contributed by atoms with Crippen molar-refractivity contribution in [2.24, 2.45) is 10.7 Å². The summed E-state index contributed by atoms with van der Waals surface area (Å²) in [6, 6.07) is 3.93. The molecule has 2 aromatic rings. The standard InChI is InChI=1S/C21H28ClN5O2/c1-14(17(13-23)15-11-18(22)27-10-7-24-19(27)12-15)25-16-5-8-26(9-6-16)20(28)29-21(2,3)4/h7,10-13,16H,5-6,8-9,23H2,1-4H3/b17-13+,25-14?. The van der Waals surface area contributed by atoms with E-state index in [9.17, 15) is 4.79 Å². The molecule has 0 aliphatic carbocycles. The van der Waals surface area contributed by atoms with Gasteiger partial charge in [-0.15, -0.1) is 0 Å². The minimum Gasteiger partial charge on any atom is -0.444 e. The summed E-state index contributed by atoms with van der Waals surface area (Å²) in [6.45, 7) is 8.83. The fourth-order valence-corrected chi connectivity index (χ4v) is 3.67. The molecule has 1 aliphatic heterocycles. The van der Waals surface area contributed by atoms with Crippen molar-refractivity contribution in [1.29, 1.82) is 0 Å². The fraction of sp³-hybridized carbons (Fsp3) is 0.476. The Morgan fingerprint density at radius 2 is 2.03 bits per heavy atom. The molecule has 29 heavy (non-hydrogen) atoms. The number of nitrogens with two attached hydrogens (primary N) is 1. The molecule has 0 aromatic carbocycles. The molecule has 1 saturated heterocycles. The molecule has 0 spiro atoms. The van der Waals surface area contributed by atoms with E-state index in [1.54, 1.807) is 21.7 Å². The Kier molecular flexibility index (Phi) is 6.17. The Bertz CT molecular complexity index is 950. The van der Waals surface area contributed by atoms with Crippen LogP contribution < -0.4 is 5.73 Å². The number of carbonyl (C=O) groups is 1. The van der Waals surface area contributed by atoms with E-state index in [2.05, 4.69) is 4.98 Å². The van der Waals surface area contributed by atoms with Crippen molar-refractivity contribution in [3.63, 3.8) is 0 Å². The minimum atomic E-state index is -0.485. The number of amides is 1. The van der Waals surface area contributed by atoms with Crippen LogP contribution >= 0.6 is 11.6 Å². The number of aromatic nitrogens is 2. The highest BCUT2D eigenvalue weighted by Crippen LogP contribution is 2.24.